The first-order valence-corrected chi connectivity index (χ1v) is 7.25. The summed E-state index contributed by atoms with van der Waals surface area (Å²) >= 11 is 1.17. The standard InChI is InChI=1S/C15H14FNO3S/c1-3-20-15(19)13-14(9(2)18)21-12(17-13)8-10-4-6-11(16)7-5-10/h4-7H,3,8H2,1-2H3. The minimum absolute atomic E-state index is 0.0615. The van der Waals surface area contributed by atoms with Gasteiger partial charge in [-0.25, -0.2) is 14.2 Å². The van der Waals surface area contributed by atoms with Crippen molar-refractivity contribution in [3.63, 3.8) is 0 Å². The molecule has 0 saturated heterocycles. The fourth-order valence-electron chi connectivity index (χ4n) is 1.79. The Balaban J connectivity index is 2.28. The van der Waals surface area contributed by atoms with E-state index in [1.165, 1.54) is 30.4 Å². The summed E-state index contributed by atoms with van der Waals surface area (Å²) in [5, 5.41) is 0.620. The van der Waals surface area contributed by atoms with Crippen LogP contribution in [0.25, 0.3) is 0 Å². The maximum Gasteiger partial charge on any atom is 0.358 e. The Morgan fingerprint density at radius 3 is 2.52 bits per heavy atom. The SMILES string of the molecule is CCOC(=O)c1nc(Cc2ccc(F)cc2)sc1C(C)=O. The predicted molar refractivity (Wildman–Crippen MR) is 77.3 cm³/mol. The zero-order valence-corrected chi connectivity index (χ0v) is 12.5. The van der Waals surface area contributed by atoms with Crippen LogP contribution in [0.3, 0.4) is 0 Å². The van der Waals surface area contributed by atoms with Crippen molar-refractivity contribution in [2.45, 2.75) is 20.3 Å². The number of nitrogens with zero attached hydrogens (tertiary/aromatic N) is 1. The molecule has 0 bridgehead atoms. The average molecular weight is 307 g/mol. The Morgan fingerprint density at radius 2 is 1.95 bits per heavy atom. The molecule has 4 nitrogen and oxygen atoms in total. The van der Waals surface area contributed by atoms with Gasteiger partial charge in [0.1, 0.15) is 10.7 Å². The first-order valence-electron chi connectivity index (χ1n) is 6.43. The second kappa shape index (κ2) is 6.58. The molecule has 2 rings (SSSR count). The number of carbonyl (C=O) groups excluding carboxylic acids is 2. The maximum atomic E-state index is 12.9. The molecule has 0 aliphatic heterocycles. The molecule has 2 aromatic rings. The number of hydrogen-bond donors (Lipinski definition) is 0. The number of hydrogen-bond acceptors (Lipinski definition) is 5. The molecule has 1 aromatic heterocycles. The van der Waals surface area contributed by atoms with Gasteiger partial charge in [-0.1, -0.05) is 12.1 Å². The summed E-state index contributed by atoms with van der Waals surface area (Å²) < 4.78 is 17.8. The third-order valence-electron chi connectivity index (χ3n) is 2.73. The van der Waals surface area contributed by atoms with Crippen molar-refractivity contribution in [3.8, 4) is 0 Å². The van der Waals surface area contributed by atoms with Gasteiger partial charge in [-0.15, -0.1) is 11.3 Å². The number of Topliss-reactive ketones (excluding diaryl/α,β-unsaturated/α-hetero) is 1. The van der Waals surface area contributed by atoms with Crippen molar-refractivity contribution in [1.82, 2.24) is 4.98 Å². The summed E-state index contributed by atoms with van der Waals surface area (Å²) in [5.74, 6) is -1.13. The van der Waals surface area contributed by atoms with Crippen molar-refractivity contribution in [2.75, 3.05) is 6.61 Å². The van der Waals surface area contributed by atoms with E-state index < -0.39 is 5.97 Å². The van der Waals surface area contributed by atoms with E-state index >= 15 is 0 Å². The normalized spacial score (nSPS) is 10.4. The summed E-state index contributed by atoms with van der Waals surface area (Å²) in [4.78, 5) is 27.9. The Morgan fingerprint density at radius 1 is 1.29 bits per heavy atom. The fraction of sp³-hybridized carbons (Fsp3) is 0.267. The molecule has 21 heavy (non-hydrogen) atoms. The van der Waals surface area contributed by atoms with E-state index in [2.05, 4.69) is 4.98 Å². The van der Waals surface area contributed by atoms with E-state index in [9.17, 15) is 14.0 Å². The van der Waals surface area contributed by atoms with Crippen molar-refractivity contribution in [2.24, 2.45) is 0 Å². The van der Waals surface area contributed by atoms with Crippen LogP contribution in [0.15, 0.2) is 24.3 Å². The van der Waals surface area contributed by atoms with Crippen molar-refractivity contribution >= 4 is 23.1 Å². The minimum atomic E-state index is -0.593. The molecule has 0 aliphatic rings. The van der Waals surface area contributed by atoms with Gasteiger partial charge < -0.3 is 4.74 Å². The highest BCUT2D eigenvalue weighted by atomic mass is 32.1. The molecule has 0 amide bonds. The van der Waals surface area contributed by atoms with Crippen LogP contribution in [0.4, 0.5) is 4.39 Å². The Labute approximate surface area is 125 Å². The molecule has 1 heterocycles. The largest absolute Gasteiger partial charge is 0.461 e. The van der Waals surface area contributed by atoms with Gasteiger partial charge >= 0.3 is 5.97 Å². The van der Waals surface area contributed by atoms with Gasteiger partial charge in [0.25, 0.3) is 0 Å². The number of esters is 1. The van der Waals surface area contributed by atoms with Crippen LogP contribution in [-0.2, 0) is 11.2 Å². The van der Waals surface area contributed by atoms with E-state index in [1.54, 1.807) is 19.1 Å². The first kappa shape index (κ1) is 15.3. The highest BCUT2D eigenvalue weighted by Crippen LogP contribution is 2.23. The number of rotatable bonds is 5. The summed E-state index contributed by atoms with van der Waals surface area (Å²) in [5.41, 5.74) is 0.919. The van der Waals surface area contributed by atoms with E-state index in [0.29, 0.717) is 16.3 Å². The van der Waals surface area contributed by atoms with Gasteiger partial charge in [0.05, 0.1) is 11.6 Å². The number of aromatic nitrogens is 1. The van der Waals surface area contributed by atoms with E-state index in [0.717, 1.165) is 5.56 Å². The number of ether oxygens (including phenoxy) is 1. The number of ketones is 1. The predicted octanol–water partition coefficient (Wildman–Crippen LogP) is 3.25. The van der Waals surface area contributed by atoms with Gasteiger partial charge in [0, 0.05) is 13.3 Å². The van der Waals surface area contributed by atoms with Crippen LogP contribution in [-0.4, -0.2) is 23.3 Å². The first-order chi connectivity index (χ1) is 10.0. The van der Waals surface area contributed by atoms with Crippen LogP contribution in [0.2, 0.25) is 0 Å². The monoisotopic (exact) mass is 307 g/mol. The zero-order valence-electron chi connectivity index (χ0n) is 11.7. The molecular weight excluding hydrogens is 293 g/mol. The Hall–Kier alpha value is -2.08. The van der Waals surface area contributed by atoms with Crippen LogP contribution in [0.1, 0.15) is 44.6 Å². The lowest BCUT2D eigenvalue weighted by atomic mass is 10.1. The molecule has 0 fully saturated rings. The molecule has 6 heteroatoms. The lowest BCUT2D eigenvalue weighted by molar-refractivity contribution is 0.0517. The molecule has 0 spiro atoms. The Kier molecular flexibility index (Phi) is 4.80. The summed E-state index contributed by atoms with van der Waals surface area (Å²) in [7, 11) is 0. The molecule has 110 valence electrons. The molecule has 0 aliphatic carbocycles. The summed E-state index contributed by atoms with van der Waals surface area (Å²) in [6.07, 6.45) is 0.435. The molecular formula is C15H14FNO3S. The molecule has 0 atom stereocenters. The highest BCUT2D eigenvalue weighted by Gasteiger charge is 2.22. The smallest absolute Gasteiger partial charge is 0.358 e. The third-order valence-corrected chi connectivity index (χ3v) is 3.88. The van der Waals surface area contributed by atoms with Crippen molar-refractivity contribution in [1.29, 1.82) is 0 Å². The van der Waals surface area contributed by atoms with Crippen LogP contribution in [0, 0.1) is 5.82 Å². The quantitative estimate of drug-likeness (QED) is 0.628. The van der Waals surface area contributed by atoms with E-state index in [-0.39, 0.29) is 23.9 Å². The van der Waals surface area contributed by atoms with E-state index in [1.807, 2.05) is 0 Å². The molecule has 0 unspecified atom stereocenters. The summed E-state index contributed by atoms with van der Waals surface area (Å²) in [6.45, 7) is 3.30. The molecule has 1 aromatic carbocycles. The number of carbonyl (C=O) groups is 2. The Bertz CT molecular complexity index is 664. The average Bonchev–Trinajstić information content (AvgIpc) is 2.86. The lowest BCUT2D eigenvalue weighted by Crippen LogP contribution is -2.09. The second-order valence-corrected chi connectivity index (χ2v) is 5.45. The van der Waals surface area contributed by atoms with Crippen molar-refractivity contribution < 1.29 is 18.7 Å². The molecule has 0 radical (unpaired) electrons. The number of thiazole rings is 1. The topological polar surface area (TPSA) is 56.3 Å². The number of benzene rings is 1. The number of halogens is 1. The van der Waals surface area contributed by atoms with Crippen molar-refractivity contribution in [3.05, 3.63) is 51.2 Å². The lowest BCUT2D eigenvalue weighted by Gasteiger charge is -1.99. The van der Waals surface area contributed by atoms with Gasteiger partial charge in [0.15, 0.2) is 11.5 Å². The summed E-state index contributed by atoms with van der Waals surface area (Å²) in [6, 6.07) is 6.02. The highest BCUT2D eigenvalue weighted by molar-refractivity contribution is 7.14. The van der Waals surface area contributed by atoms with Crippen LogP contribution < -0.4 is 0 Å². The minimum Gasteiger partial charge on any atom is -0.461 e. The zero-order chi connectivity index (χ0) is 15.4. The van der Waals surface area contributed by atoms with E-state index in [4.69, 9.17) is 4.74 Å². The van der Waals surface area contributed by atoms with Crippen LogP contribution >= 0.6 is 11.3 Å². The van der Waals surface area contributed by atoms with Crippen LogP contribution in [0.5, 0.6) is 0 Å². The second-order valence-electron chi connectivity index (χ2n) is 4.37. The van der Waals surface area contributed by atoms with Gasteiger partial charge in [0.2, 0.25) is 0 Å². The molecule has 0 N–H and O–H groups in total. The maximum absolute atomic E-state index is 12.9. The van der Waals surface area contributed by atoms with Gasteiger partial charge in [-0.2, -0.15) is 0 Å². The van der Waals surface area contributed by atoms with Gasteiger partial charge in [-0.3, -0.25) is 4.79 Å². The third kappa shape index (κ3) is 3.72. The van der Waals surface area contributed by atoms with Gasteiger partial charge in [-0.05, 0) is 24.6 Å². The molecule has 0 saturated carbocycles. The fourth-order valence-corrected chi connectivity index (χ4v) is 2.77.